The zero-order valence-corrected chi connectivity index (χ0v) is 17.8. The molecule has 0 heterocycles. The van der Waals surface area contributed by atoms with Crippen LogP contribution in [0, 0.1) is 17.3 Å². The van der Waals surface area contributed by atoms with Crippen molar-refractivity contribution < 1.29 is 4.74 Å². The molecule has 3 nitrogen and oxygen atoms in total. The van der Waals surface area contributed by atoms with E-state index in [1.807, 2.05) is 0 Å². The van der Waals surface area contributed by atoms with Gasteiger partial charge in [0.15, 0.2) is 0 Å². The van der Waals surface area contributed by atoms with Crippen molar-refractivity contribution in [2.24, 2.45) is 17.3 Å². The molecule has 1 aromatic rings. The molecule has 0 saturated heterocycles. The van der Waals surface area contributed by atoms with E-state index in [1.54, 1.807) is 18.2 Å². The largest absolute Gasteiger partial charge is 0.497 e. The van der Waals surface area contributed by atoms with Gasteiger partial charge in [0.05, 0.1) is 7.11 Å². The quantitative estimate of drug-likeness (QED) is 0.748. The summed E-state index contributed by atoms with van der Waals surface area (Å²) in [6, 6.07) is 7.57. The van der Waals surface area contributed by atoms with Gasteiger partial charge in [0, 0.05) is 6.04 Å². The van der Waals surface area contributed by atoms with Gasteiger partial charge >= 0.3 is 0 Å². The maximum atomic E-state index is 5.47. The van der Waals surface area contributed by atoms with Crippen molar-refractivity contribution in [1.29, 1.82) is 0 Å². The molecule has 4 rings (SSSR count). The fourth-order valence-corrected chi connectivity index (χ4v) is 6.69. The Morgan fingerprint density at radius 1 is 1.19 bits per heavy atom. The second-order valence-electron chi connectivity index (χ2n) is 9.77. The summed E-state index contributed by atoms with van der Waals surface area (Å²) < 4.78 is 5.47. The van der Waals surface area contributed by atoms with Crippen molar-refractivity contribution in [3.63, 3.8) is 0 Å². The summed E-state index contributed by atoms with van der Waals surface area (Å²) in [6.07, 6.45) is 9.42. The fraction of sp³-hybridized carbons (Fsp3) is 0.750. The smallest absolute Gasteiger partial charge is 0.119 e. The van der Waals surface area contributed by atoms with Crippen molar-refractivity contribution in [2.75, 3.05) is 34.3 Å². The van der Waals surface area contributed by atoms with Crippen LogP contribution >= 0.6 is 0 Å². The molecule has 1 aromatic carbocycles. The van der Waals surface area contributed by atoms with Crippen LogP contribution in [0.4, 0.5) is 0 Å². The Bertz CT molecular complexity index is 658. The summed E-state index contributed by atoms with van der Waals surface area (Å²) >= 11 is 0. The van der Waals surface area contributed by atoms with E-state index in [0.29, 0.717) is 5.41 Å². The van der Waals surface area contributed by atoms with E-state index in [9.17, 15) is 0 Å². The molecule has 0 unspecified atom stereocenters. The lowest BCUT2D eigenvalue weighted by molar-refractivity contribution is 0.0411. The number of methoxy groups -OCH3 is 1. The van der Waals surface area contributed by atoms with Crippen LogP contribution in [0.15, 0.2) is 18.2 Å². The first-order chi connectivity index (χ1) is 13.0. The fourth-order valence-electron chi connectivity index (χ4n) is 6.69. The van der Waals surface area contributed by atoms with Crippen LogP contribution in [-0.4, -0.2) is 45.2 Å². The number of hydrogen-bond acceptors (Lipinski definition) is 3. The summed E-state index contributed by atoms with van der Waals surface area (Å²) in [6.45, 7) is 4.96. The van der Waals surface area contributed by atoms with Gasteiger partial charge in [-0.15, -0.1) is 0 Å². The first kappa shape index (κ1) is 19.3. The SMILES string of the molecule is COc1ccc2c(c1)CC[C@@H]1[C@@H]2CC[C@]2(C)[C@H](NCCCN(C)C)CC[C@@H]12. The average Bonchev–Trinajstić information content (AvgIpc) is 3.00. The first-order valence-corrected chi connectivity index (χ1v) is 11.1. The van der Waals surface area contributed by atoms with Gasteiger partial charge in [0.1, 0.15) is 5.75 Å². The Labute approximate surface area is 165 Å². The minimum absolute atomic E-state index is 0.503. The van der Waals surface area contributed by atoms with E-state index < -0.39 is 0 Å². The molecule has 3 aliphatic rings. The van der Waals surface area contributed by atoms with E-state index >= 15 is 0 Å². The van der Waals surface area contributed by atoms with Crippen LogP contribution in [-0.2, 0) is 6.42 Å². The van der Waals surface area contributed by atoms with Gasteiger partial charge in [-0.1, -0.05) is 13.0 Å². The molecule has 1 N–H and O–H groups in total. The highest BCUT2D eigenvalue weighted by atomic mass is 16.5. The predicted molar refractivity (Wildman–Crippen MR) is 113 cm³/mol. The number of benzene rings is 1. The molecular formula is C24H38N2O. The van der Waals surface area contributed by atoms with Crippen molar-refractivity contribution in [3.05, 3.63) is 29.3 Å². The molecule has 27 heavy (non-hydrogen) atoms. The Hall–Kier alpha value is -1.06. The molecule has 5 atom stereocenters. The van der Waals surface area contributed by atoms with Crippen molar-refractivity contribution in [3.8, 4) is 5.75 Å². The highest BCUT2D eigenvalue weighted by molar-refractivity contribution is 5.40. The third-order valence-corrected chi connectivity index (χ3v) is 8.11. The Kier molecular flexibility index (Phi) is 5.53. The number of nitrogens with zero attached hydrogens (tertiary/aromatic N) is 1. The van der Waals surface area contributed by atoms with Gasteiger partial charge in [-0.25, -0.2) is 0 Å². The molecule has 0 aromatic heterocycles. The summed E-state index contributed by atoms with van der Waals surface area (Å²) in [5.41, 5.74) is 3.69. The molecule has 0 spiro atoms. The zero-order chi connectivity index (χ0) is 19.0. The Balaban J connectivity index is 1.45. The van der Waals surface area contributed by atoms with Gasteiger partial charge in [0.2, 0.25) is 0 Å². The molecule has 0 radical (unpaired) electrons. The Morgan fingerprint density at radius 3 is 2.81 bits per heavy atom. The number of ether oxygens (including phenoxy) is 1. The van der Waals surface area contributed by atoms with E-state index in [1.165, 1.54) is 58.0 Å². The summed E-state index contributed by atoms with van der Waals surface area (Å²) in [5.74, 6) is 3.59. The van der Waals surface area contributed by atoms with Crippen molar-refractivity contribution in [2.45, 2.75) is 63.8 Å². The monoisotopic (exact) mass is 370 g/mol. The maximum absolute atomic E-state index is 5.47. The van der Waals surface area contributed by atoms with Crippen LogP contribution in [0.1, 0.15) is 62.5 Å². The minimum atomic E-state index is 0.503. The molecule has 2 saturated carbocycles. The van der Waals surface area contributed by atoms with Gasteiger partial charge in [0.25, 0.3) is 0 Å². The number of fused-ring (bicyclic) bond motifs is 5. The van der Waals surface area contributed by atoms with E-state index in [0.717, 1.165) is 29.5 Å². The van der Waals surface area contributed by atoms with Crippen molar-refractivity contribution in [1.82, 2.24) is 10.2 Å². The second kappa shape index (κ2) is 7.75. The van der Waals surface area contributed by atoms with Gasteiger partial charge in [-0.3, -0.25) is 0 Å². The average molecular weight is 371 g/mol. The summed E-state index contributed by atoms with van der Waals surface area (Å²) in [4.78, 5) is 2.29. The van der Waals surface area contributed by atoms with E-state index in [-0.39, 0.29) is 0 Å². The molecule has 0 bridgehead atoms. The van der Waals surface area contributed by atoms with Crippen LogP contribution in [0.5, 0.6) is 5.75 Å². The van der Waals surface area contributed by atoms with Crippen LogP contribution in [0.3, 0.4) is 0 Å². The maximum Gasteiger partial charge on any atom is 0.119 e. The highest BCUT2D eigenvalue weighted by Crippen LogP contribution is 2.60. The predicted octanol–water partition coefficient (Wildman–Crippen LogP) is 4.46. The topological polar surface area (TPSA) is 24.5 Å². The molecule has 0 aliphatic heterocycles. The molecule has 3 aliphatic carbocycles. The van der Waals surface area contributed by atoms with E-state index in [4.69, 9.17) is 4.74 Å². The number of nitrogens with one attached hydrogen (secondary N) is 1. The molecule has 2 fully saturated rings. The first-order valence-electron chi connectivity index (χ1n) is 11.1. The third kappa shape index (κ3) is 3.53. The highest BCUT2D eigenvalue weighted by Gasteiger charge is 2.54. The summed E-state index contributed by atoms with van der Waals surface area (Å²) in [7, 11) is 6.12. The van der Waals surface area contributed by atoms with Gasteiger partial charge < -0.3 is 15.0 Å². The number of rotatable bonds is 6. The number of aryl methyl sites for hydroxylation is 1. The molecule has 3 heteroatoms. The summed E-state index contributed by atoms with van der Waals surface area (Å²) in [5, 5.41) is 3.96. The number of hydrogen-bond donors (Lipinski definition) is 1. The lowest BCUT2D eigenvalue weighted by atomic mass is 9.55. The lowest BCUT2D eigenvalue weighted by Gasteiger charge is -2.51. The van der Waals surface area contributed by atoms with Gasteiger partial charge in [-0.2, -0.15) is 0 Å². The second-order valence-corrected chi connectivity index (χ2v) is 9.77. The third-order valence-electron chi connectivity index (χ3n) is 8.11. The zero-order valence-electron chi connectivity index (χ0n) is 17.8. The van der Waals surface area contributed by atoms with E-state index in [2.05, 4.69) is 49.4 Å². The minimum Gasteiger partial charge on any atom is -0.497 e. The normalized spacial score (nSPS) is 34.9. The Morgan fingerprint density at radius 2 is 2.04 bits per heavy atom. The van der Waals surface area contributed by atoms with Crippen molar-refractivity contribution >= 4 is 0 Å². The van der Waals surface area contributed by atoms with Crippen LogP contribution in [0.2, 0.25) is 0 Å². The lowest BCUT2D eigenvalue weighted by Crippen LogP contribution is -2.49. The molecule has 150 valence electrons. The standard InChI is InChI=1S/C24H38N2O/c1-24-13-12-20-19-9-7-18(27-4)16-17(19)6-8-21(20)22(24)10-11-23(24)25-14-5-15-26(2)3/h7,9,16,20-23,25H,5-6,8,10-15H2,1-4H3/t20-,21-,22+,23-,24+/m1/s1. The van der Waals surface area contributed by atoms with Crippen LogP contribution < -0.4 is 10.1 Å². The molecular weight excluding hydrogens is 332 g/mol. The van der Waals surface area contributed by atoms with Gasteiger partial charge in [-0.05, 0) is 119 Å². The van der Waals surface area contributed by atoms with Crippen LogP contribution in [0.25, 0.3) is 0 Å². The molecule has 0 amide bonds.